The standard InChI is InChI=1S/C10H13BrFNS/c1-7-4-13-3-2-10(7,12)8-5-14-6-9(8)11/h5-7,13H,2-4H2,1H3. The first-order chi connectivity index (χ1) is 6.64. The predicted octanol–water partition coefficient (Wildman–Crippen LogP) is 3.30. The zero-order valence-electron chi connectivity index (χ0n) is 8.02. The van der Waals surface area contributed by atoms with Gasteiger partial charge in [0.2, 0.25) is 0 Å². The maximum Gasteiger partial charge on any atom is 0.142 e. The van der Waals surface area contributed by atoms with Gasteiger partial charge in [-0.05, 0) is 34.3 Å². The lowest BCUT2D eigenvalue weighted by molar-refractivity contribution is 0.0547. The van der Waals surface area contributed by atoms with Crippen molar-refractivity contribution < 1.29 is 4.39 Å². The summed E-state index contributed by atoms with van der Waals surface area (Å²) in [7, 11) is 0. The van der Waals surface area contributed by atoms with E-state index >= 15 is 0 Å². The molecule has 0 saturated carbocycles. The zero-order chi connectivity index (χ0) is 10.2. The minimum absolute atomic E-state index is 0.0437. The van der Waals surface area contributed by atoms with Crippen LogP contribution in [0.25, 0.3) is 0 Å². The van der Waals surface area contributed by atoms with E-state index in [1.54, 1.807) is 11.3 Å². The van der Waals surface area contributed by atoms with Crippen molar-refractivity contribution in [3.63, 3.8) is 0 Å². The molecule has 0 spiro atoms. The van der Waals surface area contributed by atoms with Gasteiger partial charge in [0.25, 0.3) is 0 Å². The van der Waals surface area contributed by atoms with Crippen LogP contribution in [0.4, 0.5) is 4.39 Å². The third-order valence-electron chi connectivity index (χ3n) is 2.96. The van der Waals surface area contributed by atoms with Gasteiger partial charge < -0.3 is 5.32 Å². The fourth-order valence-electron chi connectivity index (χ4n) is 1.98. The highest BCUT2D eigenvalue weighted by atomic mass is 79.9. The summed E-state index contributed by atoms with van der Waals surface area (Å²) in [6, 6.07) is 0. The zero-order valence-corrected chi connectivity index (χ0v) is 10.4. The van der Waals surface area contributed by atoms with Gasteiger partial charge in [0, 0.05) is 27.9 Å². The molecule has 1 aliphatic rings. The van der Waals surface area contributed by atoms with Gasteiger partial charge in [-0.2, -0.15) is 11.3 Å². The first-order valence-corrected chi connectivity index (χ1v) is 6.50. The lowest BCUT2D eigenvalue weighted by Gasteiger charge is -2.36. The number of hydrogen-bond donors (Lipinski definition) is 1. The molecule has 2 heterocycles. The number of alkyl halides is 1. The van der Waals surface area contributed by atoms with Crippen LogP contribution < -0.4 is 5.32 Å². The Morgan fingerprint density at radius 3 is 3.00 bits per heavy atom. The van der Waals surface area contributed by atoms with Crippen LogP contribution in [0.1, 0.15) is 18.9 Å². The maximum atomic E-state index is 14.7. The summed E-state index contributed by atoms with van der Waals surface area (Å²) in [5, 5.41) is 7.09. The van der Waals surface area contributed by atoms with Gasteiger partial charge in [0.1, 0.15) is 5.67 Å². The number of hydrogen-bond acceptors (Lipinski definition) is 2. The predicted molar refractivity (Wildman–Crippen MR) is 61.5 cm³/mol. The molecule has 0 aliphatic carbocycles. The van der Waals surface area contributed by atoms with E-state index in [0.717, 1.165) is 23.1 Å². The molecular formula is C10H13BrFNS. The highest BCUT2D eigenvalue weighted by Gasteiger charge is 2.41. The number of rotatable bonds is 1. The molecule has 1 fully saturated rings. The van der Waals surface area contributed by atoms with E-state index in [2.05, 4.69) is 21.2 Å². The van der Waals surface area contributed by atoms with Gasteiger partial charge in [-0.25, -0.2) is 4.39 Å². The average Bonchev–Trinajstić information content (AvgIpc) is 2.57. The molecule has 1 N–H and O–H groups in total. The van der Waals surface area contributed by atoms with Gasteiger partial charge in [-0.15, -0.1) is 0 Å². The van der Waals surface area contributed by atoms with Crippen LogP contribution >= 0.6 is 27.3 Å². The van der Waals surface area contributed by atoms with E-state index in [9.17, 15) is 4.39 Å². The molecule has 4 heteroatoms. The van der Waals surface area contributed by atoms with Crippen LogP contribution in [0.2, 0.25) is 0 Å². The molecule has 0 amide bonds. The smallest absolute Gasteiger partial charge is 0.142 e. The van der Waals surface area contributed by atoms with E-state index in [4.69, 9.17) is 0 Å². The normalized spacial score (nSPS) is 33.2. The number of nitrogens with one attached hydrogen (secondary N) is 1. The summed E-state index contributed by atoms with van der Waals surface area (Å²) in [5.74, 6) is 0.0437. The quantitative estimate of drug-likeness (QED) is 0.831. The molecule has 2 unspecified atom stereocenters. The van der Waals surface area contributed by atoms with Gasteiger partial charge in [-0.1, -0.05) is 6.92 Å². The van der Waals surface area contributed by atoms with E-state index in [0.29, 0.717) is 6.42 Å². The van der Waals surface area contributed by atoms with Crippen molar-refractivity contribution in [2.24, 2.45) is 5.92 Å². The van der Waals surface area contributed by atoms with Crippen molar-refractivity contribution in [2.45, 2.75) is 19.0 Å². The molecule has 1 aromatic heterocycles. The Morgan fingerprint density at radius 1 is 1.64 bits per heavy atom. The summed E-state index contributed by atoms with van der Waals surface area (Å²) in [4.78, 5) is 0. The summed E-state index contributed by atoms with van der Waals surface area (Å²) < 4.78 is 15.6. The topological polar surface area (TPSA) is 12.0 Å². The highest BCUT2D eigenvalue weighted by molar-refractivity contribution is 9.10. The van der Waals surface area contributed by atoms with Crippen molar-refractivity contribution in [1.82, 2.24) is 5.32 Å². The Balaban J connectivity index is 2.34. The van der Waals surface area contributed by atoms with Crippen molar-refractivity contribution >= 4 is 27.3 Å². The third kappa shape index (κ3) is 1.64. The van der Waals surface area contributed by atoms with Gasteiger partial charge in [0.05, 0.1) is 0 Å². The van der Waals surface area contributed by atoms with Gasteiger partial charge in [-0.3, -0.25) is 0 Å². The molecule has 1 nitrogen and oxygen atoms in total. The van der Waals surface area contributed by atoms with Crippen LogP contribution in [0.5, 0.6) is 0 Å². The van der Waals surface area contributed by atoms with Crippen LogP contribution in [0.15, 0.2) is 15.2 Å². The second kappa shape index (κ2) is 3.91. The monoisotopic (exact) mass is 277 g/mol. The maximum absolute atomic E-state index is 14.7. The minimum atomic E-state index is -1.15. The lowest BCUT2D eigenvalue weighted by Crippen LogP contribution is -2.44. The number of piperidine rings is 1. The van der Waals surface area contributed by atoms with Crippen molar-refractivity contribution in [1.29, 1.82) is 0 Å². The molecular weight excluding hydrogens is 265 g/mol. The van der Waals surface area contributed by atoms with Crippen LogP contribution in [-0.4, -0.2) is 13.1 Å². The summed E-state index contributed by atoms with van der Waals surface area (Å²) in [5.41, 5.74) is -0.319. The fourth-order valence-corrected chi connectivity index (χ4v) is 3.67. The summed E-state index contributed by atoms with van der Waals surface area (Å²) >= 11 is 4.97. The number of halogens is 2. The summed E-state index contributed by atoms with van der Waals surface area (Å²) in [6.07, 6.45) is 0.573. The fraction of sp³-hybridized carbons (Fsp3) is 0.600. The first kappa shape index (κ1) is 10.6. The Morgan fingerprint density at radius 2 is 2.43 bits per heavy atom. The Bertz CT molecular complexity index is 328. The molecule has 14 heavy (non-hydrogen) atoms. The minimum Gasteiger partial charge on any atom is -0.316 e. The average molecular weight is 278 g/mol. The van der Waals surface area contributed by atoms with Crippen LogP contribution in [0, 0.1) is 5.92 Å². The Hall–Kier alpha value is 0.0700. The second-order valence-electron chi connectivity index (χ2n) is 3.85. The molecule has 1 aliphatic heterocycles. The second-order valence-corrected chi connectivity index (χ2v) is 5.45. The van der Waals surface area contributed by atoms with Gasteiger partial charge >= 0.3 is 0 Å². The largest absolute Gasteiger partial charge is 0.316 e. The van der Waals surface area contributed by atoms with E-state index in [-0.39, 0.29) is 5.92 Å². The van der Waals surface area contributed by atoms with Crippen molar-refractivity contribution in [3.8, 4) is 0 Å². The summed E-state index contributed by atoms with van der Waals surface area (Å²) in [6.45, 7) is 3.50. The van der Waals surface area contributed by atoms with Gasteiger partial charge in [0.15, 0.2) is 0 Å². The molecule has 0 aromatic carbocycles. The first-order valence-electron chi connectivity index (χ1n) is 4.76. The molecule has 1 aromatic rings. The molecule has 0 bridgehead atoms. The number of thiophene rings is 1. The van der Waals surface area contributed by atoms with Crippen LogP contribution in [-0.2, 0) is 5.67 Å². The van der Waals surface area contributed by atoms with E-state index in [1.165, 1.54) is 0 Å². The molecule has 2 rings (SSSR count). The van der Waals surface area contributed by atoms with E-state index in [1.807, 2.05) is 17.7 Å². The molecule has 78 valence electrons. The van der Waals surface area contributed by atoms with E-state index < -0.39 is 5.67 Å². The Labute approximate surface area is 95.8 Å². The van der Waals surface area contributed by atoms with Crippen molar-refractivity contribution in [3.05, 3.63) is 20.8 Å². The third-order valence-corrected chi connectivity index (χ3v) is 4.66. The SMILES string of the molecule is CC1CNCCC1(F)c1cscc1Br. The van der Waals surface area contributed by atoms with Crippen LogP contribution in [0.3, 0.4) is 0 Å². The molecule has 1 saturated heterocycles. The molecule has 0 radical (unpaired) electrons. The molecule has 2 atom stereocenters. The highest BCUT2D eigenvalue weighted by Crippen LogP contribution is 2.43. The Kier molecular flexibility index (Phi) is 2.96. The van der Waals surface area contributed by atoms with Crippen molar-refractivity contribution in [2.75, 3.05) is 13.1 Å². The lowest BCUT2D eigenvalue weighted by atomic mass is 9.80.